The number of methoxy groups -OCH3 is 1. The van der Waals surface area contributed by atoms with Crippen LogP contribution in [0, 0.1) is 17.2 Å². The Morgan fingerprint density at radius 1 is 1.23 bits per heavy atom. The van der Waals surface area contributed by atoms with Crippen molar-refractivity contribution in [2.75, 3.05) is 7.11 Å². The summed E-state index contributed by atoms with van der Waals surface area (Å²) in [6, 6.07) is 8.33. The van der Waals surface area contributed by atoms with Gasteiger partial charge in [-0.3, -0.25) is 9.59 Å². The van der Waals surface area contributed by atoms with Gasteiger partial charge in [0.15, 0.2) is 11.7 Å². The van der Waals surface area contributed by atoms with Gasteiger partial charge in [0.2, 0.25) is 5.91 Å². The monoisotopic (exact) mass is 300 g/mol. The molecule has 1 saturated carbocycles. The Hall–Kier alpha value is -2.35. The van der Waals surface area contributed by atoms with Crippen LogP contribution >= 0.6 is 0 Å². The van der Waals surface area contributed by atoms with E-state index < -0.39 is 17.6 Å². The van der Waals surface area contributed by atoms with Gasteiger partial charge in [0.25, 0.3) is 0 Å². The number of amides is 1. The molecular weight excluding hydrogens is 280 g/mol. The summed E-state index contributed by atoms with van der Waals surface area (Å²) in [5.41, 5.74) is 0.339. The largest absolute Gasteiger partial charge is 0.497 e. The molecular formula is C17H20N2O3. The molecule has 1 aromatic carbocycles. The molecule has 1 unspecified atom stereocenters. The van der Waals surface area contributed by atoms with E-state index in [0.717, 1.165) is 25.7 Å². The molecule has 0 saturated heterocycles. The lowest BCUT2D eigenvalue weighted by Gasteiger charge is -2.23. The molecule has 116 valence electrons. The summed E-state index contributed by atoms with van der Waals surface area (Å²) >= 11 is 0. The van der Waals surface area contributed by atoms with E-state index in [-0.39, 0.29) is 6.04 Å². The molecule has 1 fully saturated rings. The first kappa shape index (κ1) is 16.0. The molecule has 0 radical (unpaired) electrons. The maximum atomic E-state index is 12.3. The van der Waals surface area contributed by atoms with Crippen molar-refractivity contribution < 1.29 is 14.3 Å². The van der Waals surface area contributed by atoms with Gasteiger partial charge in [-0.2, -0.15) is 5.26 Å². The lowest BCUT2D eigenvalue weighted by molar-refractivity contribution is -0.123. The van der Waals surface area contributed by atoms with Crippen molar-refractivity contribution in [3.63, 3.8) is 0 Å². The number of ether oxygens (including phenoxy) is 1. The van der Waals surface area contributed by atoms with Crippen LogP contribution in [-0.4, -0.2) is 24.8 Å². The minimum Gasteiger partial charge on any atom is -0.497 e. The van der Waals surface area contributed by atoms with E-state index >= 15 is 0 Å². The number of nitriles is 1. The molecule has 5 nitrogen and oxygen atoms in total. The molecule has 1 atom stereocenters. The molecule has 0 aliphatic heterocycles. The molecule has 1 aromatic rings. The number of nitrogens with zero attached hydrogens (tertiary/aromatic N) is 1. The zero-order valence-electron chi connectivity index (χ0n) is 12.7. The number of hydrogen-bond acceptors (Lipinski definition) is 4. The van der Waals surface area contributed by atoms with Crippen LogP contribution in [0.25, 0.3) is 0 Å². The number of hydrogen-bond donors (Lipinski definition) is 1. The van der Waals surface area contributed by atoms with Crippen molar-refractivity contribution in [1.82, 2.24) is 5.32 Å². The topological polar surface area (TPSA) is 79.2 Å². The quantitative estimate of drug-likeness (QED) is 0.669. The van der Waals surface area contributed by atoms with Crippen LogP contribution in [0.2, 0.25) is 0 Å². The van der Waals surface area contributed by atoms with Crippen molar-refractivity contribution in [2.45, 2.75) is 38.1 Å². The van der Waals surface area contributed by atoms with E-state index in [9.17, 15) is 14.9 Å². The van der Waals surface area contributed by atoms with Crippen molar-refractivity contribution in [3.05, 3.63) is 29.8 Å². The molecule has 5 heteroatoms. The highest BCUT2D eigenvalue weighted by Crippen LogP contribution is 2.19. The average molecular weight is 300 g/mol. The number of carbonyl (C=O) groups is 2. The smallest absolute Gasteiger partial charge is 0.245 e. The SMILES string of the molecule is COc1ccc(C(=O)C(C#N)C(=O)NC2CCCCC2)cc1. The summed E-state index contributed by atoms with van der Waals surface area (Å²) in [5.74, 6) is -1.64. The van der Waals surface area contributed by atoms with Crippen LogP contribution in [-0.2, 0) is 4.79 Å². The minimum absolute atomic E-state index is 0.0840. The van der Waals surface area contributed by atoms with Crippen molar-refractivity contribution in [3.8, 4) is 11.8 Å². The van der Waals surface area contributed by atoms with Crippen LogP contribution in [0.5, 0.6) is 5.75 Å². The molecule has 22 heavy (non-hydrogen) atoms. The summed E-state index contributed by atoms with van der Waals surface area (Å²) in [7, 11) is 1.53. The second-order valence-electron chi connectivity index (χ2n) is 5.50. The average Bonchev–Trinajstić information content (AvgIpc) is 2.56. The molecule has 1 aliphatic rings. The molecule has 0 spiro atoms. The van der Waals surface area contributed by atoms with Gasteiger partial charge in [-0.05, 0) is 37.1 Å². The van der Waals surface area contributed by atoms with Crippen LogP contribution in [0.15, 0.2) is 24.3 Å². The van der Waals surface area contributed by atoms with Gasteiger partial charge >= 0.3 is 0 Å². The van der Waals surface area contributed by atoms with Gasteiger partial charge in [-0.15, -0.1) is 0 Å². The second kappa shape index (κ2) is 7.60. The third-order valence-corrected chi connectivity index (χ3v) is 3.98. The van der Waals surface area contributed by atoms with Crippen LogP contribution < -0.4 is 10.1 Å². The minimum atomic E-state index is -1.30. The zero-order valence-corrected chi connectivity index (χ0v) is 12.7. The maximum Gasteiger partial charge on any atom is 0.245 e. The summed E-state index contributed by atoms with van der Waals surface area (Å²) < 4.78 is 5.03. The highest BCUT2D eigenvalue weighted by molar-refractivity contribution is 6.12. The lowest BCUT2D eigenvalue weighted by Crippen LogP contribution is -2.42. The van der Waals surface area contributed by atoms with E-state index in [1.807, 2.05) is 6.07 Å². The molecule has 1 amide bonds. The lowest BCUT2D eigenvalue weighted by atomic mass is 9.93. The molecule has 2 rings (SSSR count). The number of carbonyl (C=O) groups excluding carboxylic acids is 2. The van der Waals surface area contributed by atoms with Gasteiger partial charge in [-0.1, -0.05) is 19.3 Å². The fraction of sp³-hybridized carbons (Fsp3) is 0.471. The molecule has 0 bridgehead atoms. The number of Topliss-reactive ketones (excluding diaryl/α,β-unsaturated/α-hetero) is 1. The Balaban J connectivity index is 2.04. The zero-order chi connectivity index (χ0) is 15.9. The number of ketones is 1. The second-order valence-corrected chi connectivity index (χ2v) is 5.50. The molecule has 0 aromatic heterocycles. The van der Waals surface area contributed by atoms with Gasteiger partial charge < -0.3 is 10.1 Å². The maximum absolute atomic E-state index is 12.3. The fourth-order valence-corrected chi connectivity index (χ4v) is 2.69. The Kier molecular flexibility index (Phi) is 5.54. The van der Waals surface area contributed by atoms with Gasteiger partial charge in [0, 0.05) is 11.6 Å². The van der Waals surface area contributed by atoms with Crippen molar-refractivity contribution in [1.29, 1.82) is 5.26 Å². The first-order valence-corrected chi connectivity index (χ1v) is 7.54. The Labute approximate surface area is 130 Å². The molecule has 1 aliphatic carbocycles. The summed E-state index contributed by atoms with van der Waals surface area (Å²) in [4.78, 5) is 24.5. The first-order valence-electron chi connectivity index (χ1n) is 7.54. The van der Waals surface area contributed by atoms with Gasteiger partial charge in [0.05, 0.1) is 13.2 Å². The Morgan fingerprint density at radius 2 is 1.86 bits per heavy atom. The Morgan fingerprint density at radius 3 is 2.41 bits per heavy atom. The summed E-state index contributed by atoms with van der Waals surface area (Å²) in [6.07, 6.45) is 5.17. The summed E-state index contributed by atoms with van der Waals surface area (Å²) in [6.45, 7) is 0. The highest BCUT2D eigenvalue weighted by atomic mass is 16.5. The van der Waals surface area contributed by atoms with E-state index in [0.29, 0.717) is 11.3 Å². The van der Waals surface area contributed by atoms with E-state index in [4.69, 9.17) is 4.74 Å². The van der Waals surface area contributed by atoms with Gasteiger partial charge in [-0.25, -0.2) is 0 Å². The van der Waals surface area contributed by atoms with Crippen molar-refractivity contribution >= 4 is 11.7 Å². The van der Waals surface area contributed by atoms with E-state index in [2.05, 4.69) is 5.32 Å². The number of nitrogens with one attached hydrogen (secondary N) is 1. The Bertz CT molecular complexity index is 569. The normalized spacial score (nSPS) is 16.4. The third-order valence-electron chi connectivity index (χ3n) is 3.98. The van der Waals surface area contributed by atoms with Gasteiger partial charge in [0.1, 0.15) is 5.75 Å². The van der Waals surface area contributed by atoms with E-state index in [1.54, 1.807) is 24.3 Å². The predicted molar refractivity (Wildman–Crippen MR) is 81.4 cm³/mol. The molecule has 1 N–H and O–H groups in total. The predicted octanol–water partition coefficient (Wildman–Crippen LogP) is 2.47. The summed E-state index contributed by atoms with van der Waals surface area (Å²) in [5, 5.41) is 12.0. The standard InChI is InChI=1S/C17H20N2O3/c1-22-14-9-7-12(8-10-14)16(20)15(11-18)17(21)19-13-5-3-2-4-6-13/h7-10,13,15H,2-6H2,1H3,(H,19,21). The van der Waals surface area contributed by atoms with Crippen LogP contribution in [0.1, 0.15) is 42.5 Å². The first-order chi connectivity index (χ1) is 10.7. The van der Waals surface area contributed by atoms with Crippen LogP contribution in [0.4, 0.5) is 0 Å². The third kappa shape index (κ3) is 3.85. The number of benzene rings is 1. The molecule has 0 heterocycles. The highest BCUT2D eigenvalue weighted by Gasteiger charge is 2.29. The van der Waals surface area contributed by atoms with Crippen LogP contribution in [0.3, 0.4) is 0 Å². The number of rotatable bonds is 5. The fourth-order valence-electron chi connectivity index (χ4n) is 2.69. The van der Waals surface area contributed by atoms with Crippen molar-refractivity contribution in [2.24, 2.45) is 5.92 Å². The van der Waals surface area contributed by atoms with E-state index in [1.165, 1.54) is 13.5 Å².